The predicted octanol–water partition coefficient (Wildman–Crippen LogP) is 5.00. The van der Waals surface area contributed by atoms with E-state index in [4.69, 9.17) is 16.3 Å². The average Bonchev–Trinajstić information content (AvgIpc) is 3.10. The van der Waals surface area contributed by atoms with Crippen molar-refractivity contribution in [1.29, 1.82) is 0 Å². The van der Waals surface area contributed by atoms with E-state index in [1.165, 1.54) is 11.3 Å². The highest BCUT2D eigenvalue weighted by molar-refractivity contribution is 7.15. The summed E-state index contributed by atoms with van der Waals surface area (Å²) in [7, 11) is 0. The molecule has 4 heterocycles. The van der Waals surface area contributed by atoms with Gasteiger partial charge in [-0.1, -0.05) is 29.0 Å². The zero-order chi connectivity index (χ0) is 21.3. The monoisotopic (exact) mass is 443 g/mol. The number of hydrogen-bond donors (Lipinski definition) is 1. The zero-order valence-electron chi connectivity index (χ0n) is 17.0. The molecule has 0 saturated heterocycles. The molecule has 0 aliphatic carbocycles. The number of nitrogens with zero attached hydrogens (tertiary/aromatic N) is 4. The van der Waals surface area contributed by atoms with Gasteiger partial charge in [0.05, 0.1) is 29.6 Å². The highest BCUT2D eigenvalue weighted by Gasteiger charge is 2.23. The maximum atomic E-state index is 11.7. The van der Waals surface area contributed by atoms with Crippen molar-refractivity contribution in [3.8, 4) is 11.3 Å². The minimum absolute atomic E-state index is 0.324. The van der Waals surface area contributed by atoms with Crippen molar-refractivity contribution in [2.24, 2.45) is 0 Å². The average molecular weight is 444 g/mol. The second kappa shape index (κ2) is 8.57. The fourth-order valence-corrected chi connectivity index (χ4v) is 4.68. The summed E-state index contributed by atoms with van der Waals surface area (Å²) in [4.78, 5) is 28.6. The molecule has 4 rings (SSSR count). The minimum atomic E-state index is -0.481. The van der Waals surface area contributed by atoms with Crippen LogP contribution in [0.3, 0.4) is 0 Å². The number of anilines is 2. The molecule has 9 heteroatoms. The second-order valence-corrected chi connectivity index (χ2v) is 8.60. The van der Waals surface area contributed by atoms with Crippen molar-refractivity contribution in [3.05, 3.63) is 51.2 Å². The van der Waals surface area contributed by atoms with Gasteiger partial charge in [-0.2, -0.15) is 0 Å². The van der Waals surface area contributed by atoms with Crippen LogP contribution in [0, 0.1) is 13.8 Å². The molecule has 30 heavy (non-hydrogen) atoms. The van der Waals surface area contributed by atoms with Gasteiger partial charge in [0.2, 0.25) is 0 Å². The van der Waals surface area contributed by atoms with Gasteiger partial charge in [-0.05, 0) is 38.0 Å². The zero-order valence-corrected chi connectivity index (χ0v) is 18.6. The number of nitrogens with one attached hydrogen (secondary N) is 1. The van der Waals surface area contributed by atoms with E-state index < -0.39 is 6.09 Å². The molecule has 0 fully saturated rings. The van der Waals surface area contributed by atoms with Crippen molar-refractivity contribution in [1.82, 2.24) is 15.0 Å². The number of carbonyl (C=O) groups is 1. The van der Waals surface area contributed by atoms with Gasteiger partial charge in [-0.15, -0.1) is 0 Å². The SMILES string of the molecule is CCOC(=O)Nc1nc2c(s1)CN(c1cc(-c3ncc(C)cc3C)c(Cl)cn1)CC2. The molecule has 0 atom stereocenters. The third kappa shape index (κ3) is 4.24. The number of amides is 1. The first-order valence-electron chi connectivity index (χ1n) is 9.71. The number of aromatic nitrogens is 3. The lowest BCUT2D eigenvalue weighted by Gasteiger charge is -2.27. The predicted molar refractivity (Wildman–Crippen MR) is 119 cm³/mol. The molecule has 0 bridgehead atoms. The van der Waals surface area contributed by atoms with Crippen molar-refractivity contribution in [2.75, 3.05) is 23.4 Å². The molecule has 1 aliphatic heterocycles. The first-order valence-corrected chi connectivity index (χ1v) is 10.9. The minimum Gasteiger partial charge on any atom is -0.450 e. The maximum absolute atomic E-state index is 11.7. The molecule has 0 saturated carbocycles. The number of hydrogen-bond acceptors (Lipinski definition) is 7. The number of ether oxygens (including phenoxy) is 1. The van der Waals surface area contributed by atoms with Crippen molar-refractivity contribution >= 4 is 40.0 Å². The Morgan fingerprint density at radius 2 is 2.13 bits per heavy atom. The van der Waals surface area contributed by atoms with Crippen LogP contribution < -0.4 is 10.2 Å². The van der Waals surface area contributed by atoms with E-state index in [1.807, 2.05) is 26.1 Å². The van der Waals surface area contributed by atoms with E-state index >= 15 is 0 Å². The Labute approximate surface area is 184 Å². The largest absolute Gasteiger partial charge is 0.450 e. The Balaban J connectivity index is 1.57. The number of rotatable bonds is 4. The lowest BCUT2D eigenvalue weighted by atomic mass is 10.1. The fourth-order valence-electron chi connectivity index (χ4n) is 3.48. The molecule has 0 spiro atoms. The van der Waals surface area contributed by atoms with E-state index in [-0.39, 0.29) is 0 Å². The van der Waals surface area contributed by atoms with Gasteiger partial charge in [0, 0.05) is 35.8 Å². The van der Waals surface area contributed by atoms with Gasteiger partial charge >= 0.3 is 6.09 Å². The number of pyridine rings is 2. The Kier molecular flexibility index (Phi) is 5.87. The van der Waals surface area contributed by atoms with E-state index in [2.05, 4.69) is 31.2 Å². The van der Waals surface area contributed by atoms with Crippen molar-refractivity contribution in [3.63, 3.8) is 0 Å². The Bertz CT molecular complexity index is 1100. The van der Waals surface area contributed by atoms with E-state index in [1.54, 1.807) is 13.1 Å². The summed E-state index contributed by atoms with van der Waals surface area (Å²) < 4.78 is 4.93. The molecule has 1 aliphatic rings. The summed E-state index contributed by atoms with van der Waals surface area (Å²) in [6, 6.07) is 4.10. The summed E-state index contributed by atoms with van der Waals surface area (Å²) in [5.41, 5.74) is 4.94. The van der Waals surface area contributed by atoms with Crippen LogP contribution in [0.2, 0.25) is 5.02 Å². The standard InChI is InChI=1S/C21H22ClN5O2S/c1-4-29-21(28)26-20-25-16-5-6-27(11-17(16)30-20)18-8-14(15(22)10-23-18)19-13(3)7-12(2)9-24-19/h7-10H,4-6,11H2,1-3H3,(H,25,26,28). The summed E-state index contributed by atoms with van der Waals surface area (Å²) in [6.45, 7) is 7.61. The molecule has 156 valence electrons. The fraction of sp³-hybridized carbons (Fsp3) is 0.333. The molecule has 3 aromatic heterocycles. The lowest BCUT2D eigenvalue weighted by Crippen LogP contribution is -2.30. The molecule has 0 unspecified atom stereocenters. The van der Waals surface area contributed by atoms with Crippen LogP contribution in [0.1, 0.15) is 28.6 Å². The van der Waals surface area contributed by atoms with Crippen LogP contribution in [0.4, 0.5) is 15.7 Å². The van der Waals surface area contributed by atoms with Gasteiger partial charge in [0.25, 0.3) is 0 Å². The molecule has 7 nitrogen and oxygen atoms in total. The Hall–Kier alpha value is -2.71. The smallest absolute Gasteiger partial charge is 0.413 e. The number of thiazole rings is 1. The van der Waals surface area contributed by atoms with E-state index in [0.717, 1.165) is 51.7 Å². The number of carbonyl (C=O) groups excluding carboxylic acids is 1. The number of aryl methyl sites for hydroxylation is 2. The maximum Gasteiger partial charge on any atom is 0.413 e. The first kappa shape index (κ1) is 20.6. The molecule has 1 N–H and O–H groups in total. The third-order valence-electron chi connectivity index (χ3n) is 4.85. The van der Waals surface area contributed by atoms with E-state index in [0.29, 0.717) is 23.3 Å². The molecule has 1 amide bonds. The summed E-state index contributed by atoms with van der Waals surface area (Å²) in [5, 5.41) is 3.83. The molecule has 0 aromatic carbocycles. The van der Waals surface area contributed by atoms with Crippen LogP contribution in [0.25, 0.3) is 11.3 Å². The normalized spacial score (nSPS) is 13.1. The van der Waals surface area contributed by atoms with Crippen LogP contribution in [0.15, 0.2) is 24.5 Å². The topological polar surface area (TPSA) is 80.2 Å². The number of fused-ring (bicyclic) bond motifs is 1. The van der Waals surface area contributed by atoms with Crippen molar-refractivity contribution < 1.29 is 9.53 Å². The van der Waals surface area contributed by atoms with Gasteiger partial charge in [0.15, 0.2) is 5.13 Å². The van der Waals surface area contributed by atoms with Crippen molar-refractivity contribution in [2.45, 2.75) is 33.7 Å². The van der Waals surface area contributed by atoms with Gasteiger partial charge in [-0.3, -0.25) is 10.3 Å². The van der Waals surface area contributed by atoms with Crippen LogP contribution in [-0.4, -0.2) is 34.2 Å². The summed E-state index contributed by atoms with van der Waals surface area (Å²) in [6.07, 6.45) is 3.83. The van der Waals surface area contributed by atoms with Crippen LogP contribution in [0.5, 0.6) is 0 Å². The highest BCUT2D eigenvalue weighted by atomic mass is 35.5. The highest BCUT2D eigenvalue weighted by Crippen LogP contribution is 2.34. The summed E-state index contributed by atoms with van der Waals surface area (Å²) in [5.74, 6) is 0.843. The van der Waals surface area contributed by atoms with E-state index in [9.17, 15) is 4.79 Å². The second-order valence-electron chi connectivity index (χ2n) is 7.11. The summed E-state index contributed by atoms with van der Waals surface area (Å²) >= 11 is 7.92. The molecule has 3 aromatic rings. The molecular weight excluding hydrogens is 422 g/mol. The number of halogens is 1. The van der Waals surface area contributed by atoms with Gasteiger partial charge < -0.3 is 9.64 Å². The first-order chi connectivity index (χ1) is 14.4. The Morgan fingerprint density at radius 1 is 1.30 bits per heavy atom. The Morgan fingerprint density at radius 3 is 2.90 bits per heavy atom. The quantitative estimate of drug-likeness (QED) is 0.611. The molecular formula is C21H22ClN5O2S. The molecule has 0 radical (unpaired) electrons. The van der Waals surface area contributed by atoms with Crippen LogP contribution >= 0.6 is 22.9 Å². The van der Waals surface area contributed by atoms with Gasteiger partial charge in [0.1, 0.15) is 5.82 Å². The van der Waals surface area contributed by atoms with Gasteiger partial charge in [-0.25, -0.2) is 14.8 Å². The lowest BCUT2D eigenvalue weighted by molar-refractivity contribution is 0.168. The third-order valence-corrected chi connectivity index (χ3v) is 6.15. The van der Waals surface area contributed by atoms with Crippen LogP contribution in [-0.2, 0) is 17.7 Å².